The van der Waals surface area contributed by atoms with Gasteiger partial charge in [0.2, 0.25) is 0 Å². The number of allylic oxidation sites excluding steroid dienone is 2. The zero-order chi connectivity index (χ0) is 11.5. The molecule has 0 unspecified atom stereocenters. The third kappa shape index (κ3) is 1.84. The molecule has 3 nitrogen and oxygen atoms in total. The zero-order valence-electron chi connectivity index (χ0n) is 8.30. The van der Waals surface area contributed by atoms with E-state index in [1.807, 2.05) is 0 Å². The molecule has 1 aliphatic rings. The molecule has 1 aromatic rings. The Kier molecular flexibility index (Phi) is 3.01. The minimum atomic E-state index is -0.179. The average Bonchev–Trinajstić information content (AvgIpc) is 2.32. The molecule has 1 aliphatic carbocycles. The van der Waals surface area contributed by atoms with Gasteiger partial charge in [0.05, 0.1) is 10.7 Å². The van der Waals surface area contributed by atoms with E-state index in [9.17, 15) is 14.4 Å². The first-order chi connectivity index (χ1) is 7.74. The highest BCUT2D eigenvalue weighted by Gasteiger charge is 2.24. The summed E-state index contributed by atoms with van der Waals surface area (Å²) in [6.07, 6.45) is 2.02. The van der Waals surface area contributed by atoms with Crippen molar-refractivity contribution in [1.29, 1.82) is 0 Å². The third-order valence-corrected chi connectivity index (χ3v) is 3.15. The summed E-state index contributed by atoms with van der Waals surface area (Å²) < 4.78 is 0. The molecule has 2 rings (SSSR count). The van der Waals surface area contributed by atoms with Gasteiger partial charge in [-0.15, -0.1) is 11.8 Å². The number of hydrogen-bond acceptors (Lipinski definition) is 4. The minimum absolute atomic E-state index is 0.177. The molecule has 4 heteroatoms. The molecule has 0 radical (unpaired) electrons. The lowest BCUT2D eigenvalue weighted by Crippen LogP contribution is -2.15. The van der Waals surface area contributed by atoms with Gasteiger partial charge in [0.1, 0.15) is 6.29 Å². The van der Waals surface area contributed by atoms with Gasteiger partial charge in [0, 0.05) is 17.2 Å². The standard InChI is InChI=1S/C12H8O3S/c13-5-6-16-11-7-10(14)8-3-1-2-4-9(8)12(11)15/h1-5,7H,6H2. The second kappa shape index (κ2) is 4.45. The maximum atomic E-state index is 11.9. The van der Waals surface area contributed by atoms with Crippen LogP contribution in [-0.4, -0.2) is 23.6 Å². The van der Waals surface area contributed by atoms with Crippen molar-refractivity contribution in [2.45, 2.75) is 0 Å². The van der Waals surface area contributed by atoms with Gasteiger partial charge in [-0.25, -0.2) is 0 Å². The molecule has 0 saturated heterocycles. The molecule has 0 aliphatic heterocycles. The highest BCUT2D eigenvalue weighted by molar-refractivity contribution is 8.04. The predicted molar refractivity (Wildman–Crippen MR) is 61.7 cm³/mol. The van der Waals surface area contributed by atoms with Crippen molar-refractivity contribution < 1.29 is 14.4 Å². The SMILES string of the molecule is O=CCSC1=CC(=O)c2ccccc2C1=O. The Morgan fingerprint density at radius 2 is 1.81 bits per heavy atom. The van der Waals surface area contributed by atoms with Crippen molar-refractivity contribution in [1.82, 2.24) is 0 Å². The number of hydrogen-bond donors (Lipinski definition) is 0. The number of rotatable bonds is 3. The van der Waals surface area contributed by atoms with Gasteiger partial charge in [-0.2, -0.15) is 0 Å². The average molecular weight is 232 g/mol. The second-order valence-electron chi connectivity index (χ2n) is 3.23. The van der Waals surface area contributed by atoms with Crippen molar-refractivity contribution in [2.75, 3.05) is 5.75 Å². The minimum Gasteiger partial charge on any atom is -0.302 e. The first-order valence-corrected chi connectivity index (χ1v) is 5.69. The summed E-state index contributed by atoms with van der Waals surface area (Å²) >= 11 is 1.10. The molecule has 80 valence electrons. The van der Waals surface area contributed by atoms with Gasteiger partial charge in [0.15, 0.2) is 11.6 Å². The highest BCUT2D eigenvalue weighted by Crippen LogP contribution is 2.27. The fraction of sp³-hybridized carbons (Fsp3) is 0.0833. The summed E-state index contributed by atoms with van der Waals surface area (Å²) in [5.74, 6) is -0.168. The smallest absolute Gasteiger partial charge is 0.200 e. The summed E-state index contributed by atoms with van der Waals surface area (Å²) in [7, 11) is 0. The van der Waals surface area contributed by atoms with Crippen LogP contribution in [0.25, 0.3) is 0 Å². The quantitative estimate of drug-likeness (QED) is 0.747. The molecule has 1 aromatic carbocycles. The van der Waals surface area contributed by atoms with E-state index in [2.05, 4.69) is 0 Å². The first kappa shape index (κ1) is 10.8. The van der Waals surface area contributed by atoms with Crippen LogP contribution < -0.4 is 0 Å². The third-order valence-electron chi connectivity index (χ3n) is 2.23. The summed E-state index contributed by atoms with van der Waals surface area (Å²) in [4.78, 5) is 34.2. The Morgan fingerprint density at radius 1 is 1.12 bits per heavy atom. The molecular weight excluding hydrogens is 224 g/mol. The molecule has 0 N–H and O–H groups in total. The molecule has 0 bridgehead atoms. The summed E-state index contributed by atoms with van der Waals surface area (Å²) in [5, 5.41) is 0. The molecule has 0 aromatic heterocycles. The van der Waals surface area contributed by atoms with Crippen LogP contribution in [-0.2, 0) is 4.79 Å². The summed E-state index contributed by atoms with van der Waals surface area (Å²) in [6, 6.07) is 6.70. The summed E-state index contributed by atoms with van der Waals surface area (Å²) in [5.41, 5.74) is 0.853. The van der Waals surface area contributed by atoms with Gasteiger partial charge in [0.25, 0.3) is 0 Å². The molecule has 0 saturated carbocycles. The second-order valence-corrected chi connectivity index (χ2v) is 4.29. The van der Waals surface area contributed by atoms with Crippen molar-refractivity contribution in [3.8, 4) is 0 Å². The van der Waals surface area contributed by atoms with Crippen LogP contribution in [0.15, 0.2) is 35.2 Å². The predicted octanol–water partition coefficient (Wildman–Crippen LogP) is 1.88. The Hall–Kier alpha value is -1.68. The molecule has 0 spiro atoms. The van der Waals surface area contributed by atoms with Crippen molar-refractivity contribution >= 4 is 29.6 Å². The van der Waals surface area contributed by atoms with E-state index in [0.717, 1.165) is 11.8 Å². The van der Waals surface area contributed by atoms with Crippen LogP contribution >= 0.6 is 11.8 Å². The van der Waals surface area contributed by atoms with Gasteiger partial charge in [-0.3, -0.25) is 9.59 Å². The lowest BCUT2D eigenvalue weighted by Gasteiger charge is -2.13. The molecule has 0 atom stereocenters. The normalized spacial score (nSPS) is 14.4. The monoisotopic (exact) mass is 232 g/mol. The van der Waals surface area contributed by atoms with Crippen LogP contribution in [0.3, 0.4) is 0 Å². The first-order valence-electron chi connectivity index (χ1n) is 4.70. The van der Waals surface area contributed by atoms with Crippen molar-refractivity contribution in [2.24, 2.45) is 0 Å². The van der Waals surface area contributed by atoms with E-state index in [4.69, 9.17) is 0 Å². The number of fused-ring (bicyclic) bond motifs is 1. The van der Waals surface area contributed by atoms with E-state index in [1.54, 1.807) is 24.3 Å². The maximum absolute atomic E-state index is 11.9. The van der Waals surface area contributed by atoms with E-state index in [0.29, 0.717) is 22.3 Å². The highest BCUT2D eigenvalue weighted by atomic mass is 32.2. The number of ketones is 2. The number of Topliss-reactive ketones (excluding diaryl/α,β-unsaturated/α-hetero) is 1. The number of aldehydes is 1. The van der Waals surface area contributed by atoms with E-state index < -0.39 is 0 Å². The molecule has 0 amide bonds. The molecular formula is C12H8O3S. The van der Waals surface area contributed by atoms with Gasteiger partial charge >= 0.3 is 0 Å². The van der Waals surface area contributed by atoms with Crippen LogP contribution in [0.4, 0.5) is 0 Å². The van der Waals surface area contributed by atoms with Crippen LogP contribution in [0, 0.1) is 0 Å². The van der Waals surface area contributed by atoms with Crippen LogP contribution in [0.5, 0.6) is 0 Å². The lowest BCUT2D eigenvalue weighted by atomic mass is 9.95. The summed E-state index contributed by atoms with van der Waals surface area (Å²) in [6.45, 7) is 0. The largest absolute Gasteiger partial charge is 0.302 e. The number of carbonyl (C=O) groups excluding carboxylic acids is 3. The molecule has 0 heterocycles. The van der Waals surface area contributed by atoms with Gasteiger partial charge in [-0.05, 0) is 0 Å². The van der Waals surface area contributed by atoms with Gasteiger partial charge in [-0.1, -0.05) is 24.3 Å². The number of benzene rings is 1. The zero-order valence-corrected chi connectivity index (χ0v) is 9.12. The Labute approximate surface area is 96.5 Å². The topological polar surface area (TPSA) is 51.2 Å². The van der Waals surface area contributed by atoms with E-state index in [1.165, 1.54) is 6.08 Å². The number of carbonyl (C=O) groups is 3. The Bertz CT molecular complexity index is 503. The fourth-order valence-electron chi connectivity index (χ4n) is 1.52. The van der Waals surface area contributed by atoms with Gasteiger partial charge < -0.3 is 4.79 Å². The number of thioether (sulfide) groups is 1. The van der Waals surface area contributed by atoms with Crippen molar-refractivity contribution in [3.05, 3.63) is 46.4 Å². The fourth-order valence-corrected chi connectivity index (χ4v) is 2.20. The van der Waals surface area contributed by atoms with Crippen molar-refractivity contribution in [3.63, 3.8) is 0 Å². The maximum Gasteiger partial charge on any atom is 0.200 e. The van der Waals surface area contributed by atoms with E-state index in [-0.39, 0.29) is 17.3 Å². The van der Waals surface area contributed by atoms with Crippen LogP contribution in [0.1, 0.15) is 20.7 Å². The van der Waals surface area contributed by atoms with E-state index >= 15 is 0 Å². The van der Waals surface area contributed by atoms with Crippen LogP contribution in [0.2, 0.25) is 0 Å². The lowest BCUT2D eigenvalue weighted by molar-refractivity contribution is -0.105. The Balaban J connectivity index is 2.39. The molecule has 16 heavy (non-hydrogen) atoms. The Morgan fingerprint density at radius 3 is 2.50 bits per heavy atom. The molecule has 0 fully saturated rings.